The first-order valence-corrected chi connectivity index (χ1v) is 12.8. The second-order valence-corrected chi connectivity index (χ2v) is 9.52. The summed E-state index contributed by atoms with van der Waals surface area (Å²) in [5.41, 5.74) is 5.08. The van der Waals surface area contributed by atoms with E-state index in [-0.39, 0.29) is 11.6 Å². The fourth-order valence-electron chi connectivity index (χ4n) is 4.88. The molecule has 188 valence electrons. The van der Waals surface area contributed by atoms with Crippen LogP contribution in [0.4, 0.5) is 0 Å². The van der Waals surface area contributed by atoms with Crippen molar-refractivity contribution in [1.29, 1.82) is 0 Å². The van der Waals surface area contributed by atoms with Crippen LogP contribution in [0.2, 0.25) is 0 Å². The van der Waals surface area contributed by atoms with Crippen molar-refractivity contribution in [3.8, 4) is 0 Å². The van der Waals surface area contributed by atoms with Crippen LogP contribution in [0.3, 0.4) is 0 Å². The predicted molar refractivity (Wildman–Crippen MR) is 146 cm³/mol. The van der Waals surface area contributed by atoms with Gasteiger partial charge >= 0.3 is 0 Å². The molecule has 0 aliphatic rings. The maximum absolute atomic E-state index is 13.1. The summed E-state index contributed by atoms with van der Waals surface area (Å²) in [5.74, 6) is 0.821. The van der Waals surface area contributed by atoms with Gasteiger partial charge in [0.1, 0.15) is 0 Å². The number of aromatic nitrogens is 5. The van der Waals surface area contributed by atoms with Crippen molar-refractivity contribution in [2.75, 3.05) is 0 Å². The summed E-state index contributed by atoms with van der Waals surface area (Å²) in [5, 5.41) is 13.8. The minimum atomic E-state index is -0.0605. The molecule has 1 N–H and O–H groups in total. The number of aryl methyl sites for hydroxylation is 3. The first-order chi connectivity index (χ1) is 18.1. The Morgan fingerprint density at radius 3 is 2.38 bits per heavy atom. The maximum atomic E-state index is 13.1. The molecule has 0 saturated heterocycles. The molecule has 2 heterocycles. The summed E-state index contributed by atoms with van der Waals surface area (Å²) in [6.45, 7) is 6.03. The number of H-pyrrole nitrogens is 1. The average Bonchev–Trinajstić information content (AvgIpc) is 3.38. The third-order valence-corrected chi connectivity index (χ3v) is 6.82. The van der Waals surface area contributed by atoms with Gasteiger partial charge in [0.05, 0.1) is 6.04 Å². The van der Waals surface area contributed by atoms with E-state index >= 15 is 0 Å². The van der Waals surface area contributed by atoms with E-state index in [0.717, 1.165) is 40.7 Å². The van der Waals surface area contributed by atoms with E-state index in [1.165, 1.54) is 11.1 Å². The molecular formula is C30H32N6O. The molecule has 0 amide bonds. The van der Waals surface area contributed by atoms with Crippen LogP contribution in [-0.4, -0.2) is 30.1 Å². The number of rotatable bonds is 10. The molecule has 7 nitrogen and oxygen atoms in total. The zero-order valence-corrected chi connectivity index (χ0v) is 21.3. The maximum Gasteiger partial charge on any atom is 0.252 e. The Balaban J connectivity index is 1.47. The summed E-state index contributed by atoms with van der Waals surface area (Å²) in [6.07, 6.45) is 1.65. The summed E-state index contributed by atoms with van der Waals surface area (Å²) >= 11 is 0. The topological polar surface area (TPSA) is 79.7 Å². The van der Waals surface area contributed by atoms with Crippen LogP contribution in [0.25, 0.3) is 10.9 Å². The zero-order chi connectivity index (χ0) is 25.6. The molecule has 1 unspecified atom stereocenters. The van der Waals surface area contributed by atoms with Gasteiger partial charge in [-0.25, -0.2) is 4.68 Å². The summed E-state index contributed by atoms with van der Waals surface area (Å²) in [6, 6.07) is 28.8. The van der Waals surface area contributed by atoms with Gasteiger partial charge in [0.25, 0.3) is 5.56 Å². The first kappa shape index (κ1) is 24.6. The molecule has 7 heteroatoms. The number of benzene rings is 3. The highest BCUT2D eigenvalue weighted by molar-refractivity contribution is 5.79. The number of hydrogen-bond donors (Lipinski definition) is 1. The van der Waals surface area contributed by atoms with E-state index in [1.807, 2.05) is 48.0 Å². The lowest BCUT2D eigenvalue weighted by Crippen LogP contribution is -2.32. The summed E-state index contributed by atoms with van der Waals surface area (Å²) in [7, 11) is 0. The Morgan fingerprint density at radius 2 is 1.65 bits per heavy atom. The molecule has 5 rings (SSSR count). The monoisotopic (exact) mass is 492 g/mol. The van der Waals surface area contributed by atoms with Gasteiger partial charge in [0.2, 0.25) is 0 Å². The van der Waals surface area contributed by atoms with Gasteiger partial charge in [-0.1, -0.05) is 79.7 Å². The summed E-state index contributed by atoms with van der Waals surface area (Å²) < 4.78 is 1.91. The first-order valence-electron chi connectivity index (χ1n) is 12.8. The fourth-order valence-corrected chi connectivity index (χ4v) is 4.88. The predicted octanol–water partition coefficient (Wildman–Crippen LogP) is 5.22. The van der Waals surface area contributed by atoms with Gasteiger partial charge < -0.3 is 4.98 Å². The number of tetrazole rings is 1. The SMILES string of the molecule is CCC(c1nnnn1CCc1ccccc1)N(Cc1ccccc1)Cc1cc2ccc(C)cc2[nH]c1=O. The molecule has 2 aromatic heterocycles. The number of pyridine rings is 1. The van der Waals surface area contributed by atoms with E-state index in [4.69, 9.17) is 0 Å². The molecule has 0 fully saturated rings. The Labute approximate surface area is 216 Å². The van der Waals surface area contributed by atoms with Crippen molar-refractivity contribution in [3.05, 3.63) is 123 Å². The molecular weight excluding hydrogens is 460 g/mol. The standard InChI is InChI=1S/C30H32N6O/c1-3-28(29-32-33-34-36(29)17-16-23-10-6-4-7-11-23)35(20-24-12-8-5-9-13-24)21-26-19-25-15-14-22(2)18-27(25)31-30(26)37/h4-15,18-19,28H,3,16-17,20-21H2,1-2H3,(H,31,37). The molecule has 3 aromatic carbocycles. The lowest BCUT2D eigenvalue weighted by molar-refractivity contribution is 0.160. The van der Waals surface area contributed by atoms with Crippen LogP contribution >= 0.6 is 0 Å². The van der Waals surface area contributed by atoms with Gasteiger partial charge in [0.15, 0.2) is 5.82 Å². The van der Waals surface area contributed by atoms with E-state index in [0.29, 0.717) is 19.6 Å². The van der Waals surface area contributed by atoms with Gasteiger partial charge in [-0.2, -0.15) is 0 Å². The molecule has 0 spiro atoms. The number of fused-ring (bicyclic) bond motifs is 1. The fraction of sp³-hybridized carbons (Fsp3) is 0.267. The molecule has 1 atom stereocenters. The van der Waals surface area contributed by atoms with E-state index < -0.39 is 0 Å². The number of hydrogen-bond acceptors (Lipinski definition) is 5. The number of aromatic amines is 1. The Kier molecular flexibility index (Phi) is 7.51. The third kappa shape index (κ3) is 5.84. The van der Waals surface area contributed by atoms with Crippen LogP contribution in [0.15, 0.2) is 89.7 Å². The van der Waals surface area contributed by atoms with E-state index in [9.17, 15) is 4.79 Å². The number of nitrogens with zero attached hydrogens (tertiary/aromatic N) is 5. The van der Waals surface area contributed by atoms with E-state index in [2.05, 4.69) is 80.9 Å². The minimum Gasteiger partial charge on any atom is -0.322 e. The minimum absolute atomic E-state index is 0.0564. The third-order valence-electron chi connectivity index (χ3n) is 6.82. The highest BCUT2D eigenvalue weighted by atomic mass is 16.1. The highest BCUT2D eigenvalue weighted by Crippen LogP contribution is 2.27. The zero-order valence-electron chi connectivity index (χ0n) is 21.3. The Bertz CT molecular complexity index is 1510. The molecule has 0 aliphatic heterocycles. The molecule has 0 aliphatic carbocycles. The van der Waals surface area contributed by atoms with Crippen LogP contribution < -0.4 is 5.56 Å². The normalized spacial score (nSPS) is 12.3. The molecule has 0 saturated carbocycles. The van der Waals surface area contributed by atoms with Crippen molar-refractivity contribution in [1.82, 2.24) is 30.1 Å². The van der Waals surface area contributed by atoms with Crippen molar-refractivity contribution in [3.63, 3.8) is 0 Å². The van der Waals surface area contributed by atoms with Crippen molar-refractivity contribution in [2.24, 2.45) is 0 Å². The second kappa shape index (κ2) is 11.3. The van der Waals surface area contributed by atoms with Crippen molar-refractivity contribution >= 4 is 10.9 Å². The smallest absolute Gasteiger partial charge is 0.252 e. The molecule has 37 heavy (non-hydrogen) atoms. The average molecular weight is 493 g/mol. The summed E-state index contributed by atoms with van der Waals surface area (Å²) in [4.78, 5) is 18.5. The van der Waals surface area contributed by atoms with Crippen LogP contribution in [0, 0.1) is 6.92 Å². The highest BCUT2D eigenvalue weighted by Gasteiger charge is 2.26. The Hall–Kier alpha value is -4.10. The van der Waals surface area contributed by atoms with Gasteiger partial charge in [-0.05, 0) is 64.4 Å². The largest absolute Gasteiger partial charge is 0.322 e. The van der Waals surface area contributed by atoms with Gasteiger partial charge in [0, 0.05) is 30.7 Å². The van der Waals surface area contributed by atoms with Crippen molar-refractivity contribution in [2.45, 2.75) is 52.4 Å². The van der Waals surface area contributed by atoms with Crippen molar-refractivity contribution < 1.29 is 0 Å². The second-order valence-electron chi connectivity index (χ2n) is 9.52. The van der Waals surface area contributed by atoms with Crippen LogP contribution in [0.1, 0.15) is 47.5 Å². The quantitative estimate of drug-likeness (QED) is 0.289. The molecule has 0 radical (unpaired) electrons. The van der Waals surface area contributed by atoms with Gasteiger partial charge in [-0.15, -0.1) is 5.10 Å². The van der Waals surface area contributed by atoms with E-state index in [1.54, 1.807) is 0 Å². The lowest BCUT2D eigenvalue weighted by Gasteiger charge is -2.30. The van der Waals surface area contributed by atoms with Gasteiger partial charge in [-0.3, -0.25) is 9.69 Å². The lowest BCUT2D eigenvalue weighted by atomic mass is 10.1. The number of nitrogens with one attached hydrogen (secondary N) is 1. The van der Waals surface area contributed by atoms with Crippen LogP contribution in [0.5, 0.6) is 0 Å². The molecule has 5 aromatic rings. The molecule has 0 bridgehead atoms. The Morgan fingerprint density at radius 1 is 0.919 bits per heavy atom. The van der Waals surface area contributed by atoms with Crippen LogP contribution in [-0.2, 0) is 26.1 Å².